The molecule has 20 atom stereocenters. The van der Waals surface area contributed by atoms with Crippen LogP contribution < -0.4 is 0 Å². The summed E-state index contributed by atoms with van der Waals surface area (Å²) in [6, 6.07) is 11.5. The quantitative estimate of drug-likeness (QED) is 0.170. The van der Waals surface area contributed by atoms with E-state index >= 15 is 4.79 Å². The van der Waals surface area contributed by atoms with Crippen molar-refractivity contribution in [2.75, 3.05) is 35.4 Å². The SMILES string of the molecule is CC[C@H]1CCC[C@H](O[C@H]2CC[C@H](N(C)C)C(C)O2)[C@@H](C)C(=O)C2=C[C@H]3[C@@H]4C[C@H](O[C@@H]5OC(C)[C@H](OC)[C@@H](OC)C5OC)C[C@H]4[C@H]4[C@@H]([C@H]3[C@@H]2CC(=O)O1)N4C(C)(C)c1ccccc1. The molecule has 0 aromatic heterocycles. The zero-order chi connectivity index (χ0) is 44.2. The summed E-state index contributed by atoms with van der Waals surface area (Å²) in [6.45, 7) is 12.9. The van der Waals surface area contributed by atoms with E-state index in [2.05, 4.69) is 94.9 Å². The fraction of sp³-hybridized carbons (Fsp3) is 0.800. The summed E-state index contributed by atoms with van der Waals surface area (Å²) < 4.78 is 50.9. The van der Waals surface area contributed by atoms with Crippen molar-refractivity contribution < 1.29 is 47.5 Å². The Morgan fingerprint density at radius 3 is 2.19 bits per heavy atom. The first-order valence-electron chi connectivity index (χ1n) is 23.9. The van der Waals surface area contributed by atoms with Crippen molar-refractivity contribution in [1.29, 1.82) is 0 Å². The van der Waals surface area contributed by atoms with Gasteiger partial charge in [0.25, 0.3) is 0 Å². The standard InChI is InChI=1S/C50H76N2O10/c1-12-31-19-16-20-39(62-41-22-21-38(51(7)8)28(3)58-41)27(2)45(54)37-25-34-33-23-32(61-49-48(57-11)47(56-10)46(55-9)29(4)59-49)24-36(33)43-44(42(34)35(37)26-40(53)60-31)52(43)50(5,6)30-17-14-13-15-18-30/h13-15,17-18,25,27-29,31-36,38-39,41-44,46-49H,12,16,19-24,26H2,1-11H3/t27-,28?,29?,31+,32+,33+,34+,35-,36-,38+,39+,41+,42-,43+,44-,46+,47-,48?,49+,52?/m1/s1. The van der Waals surface area contributed by atoms with Crippen LogP contribution in [0.3, 0.4) is 0 Å². The monoisotopic (exact) mass is 865 g/mol. The number of benzene rings is 1. The molecule has 4 unspecified atom stereocenters. The zero-order valence-corrected chi connectivity index (χ0v) is 39.3. The van der Waals surface area contributed by atoms with Gasteiger partial charge in [0.1, 0.15) is 24.4 Å². The molecule has 0 N–H and O–H groups in total. The second-order valence-corrected chi connectivity index (χ2v) is 20.4. The van der Waals surface area contributed by atoms with E-state index in [0.717, 1.165) is 50.5 Å². The van der Waals surface area contributed by atoms with E-state index < -0.39 is 18.3 Å². The molecule has 12 heteroatoms. The Labute approximate surface area is 371 Å². The maximum absolute atomic E-state index is 15.3. The Morgan fingerprint density at radius 2 is 1.53 bits per heavy atom. The fourth-order valence-electron chi connectivity index (χ4n) is 13.4. The molecule has 8 rings (SSSR count). The number of cyclic esters (lactones) is 1. The molecule has 12 nitrogen and oxygen atoms in total. The second kappa shape index (κ2) is 18.9. The lowest BCUT2D eigenvalue weighted by atomic mass is 9.66. The van der Waals surface area contributed by atoms with Gasteiger partial charge >= 0.3 is 5.97 Å². The van der Waals surface area contributed by atoms with Gasteiger partial charge in [0.05, 0.1) is 30.8 Å². The molecule has 2 saturated carbocycles. The third kappa shape index (κ3) is 8.63. The number of methoxy groups -OCH3 is 3. The molecule has 0 bridgehead atoms. The smallest absolute Gasteiger partial charge is 0.306 e. The molecule has 7 aliphatic rings. The van der Waals surface area contributed by atoms with Crippen molar-refractivity contribution in [3.05, 3.63) is 47.5 Å². The lowest BCUT2D eigenvalue weighted by Crippen LogP contribution is -2.59. The third-order valence-electron chi connectivity index (χ3n) is 16.5. The number of nitrogens with zero attached hydrogens (tertiary/aromatic N) is 2. The second-order valence-electron chi connectivity index (χ2n) is 20.4. The van der Waals surface area contributed by atoms with Crippen molar-refractivity contribution >= 4 is 11.8 Å². The molecule has 3 aliphatic carbocycles. The number of carbonyl (C=O) groups is 2. The van der Waals surface area contributed by atoms with Crippen LogP contribution in [0.4, 0.5) is 0 Å². The van der Waals surface area contributed by atoms with Crippen LogP contribution in [-0.2, 0) is 53.0 Å². The van der Waals surface area contributed by atoms with E-state index in [4.69, 9.17) is 37.9 Å². The van der Waals surface area contributed by atoms with Gasteiger partial charge in [-0.25, -0.2) is 0 Å². The number of likely N-dealkylation sites (N-methyl/N-ethyl adjacent to an activating group) is 1. The number of allylic oxidation sites excluding steroid dienone is 2. The van der Waals surface area contributed by atoms with Crippen molar-refractivity contribution in [3.8, 4) is 0 Å². The van der Waals surface area contributed by atoms with Gasteiger partial charge in [0.15, 0.2) is 18.4 Å². The largest absolute Gasteiger partial charge is 0.462 e. The van der Waals surface area contributed by atoms with Crippen LogP contribution in [-0.4, -0.2) is 137 Å². The first-order valence-corrected chi connectivity index (χ1v) is 23.9. The van der Waals surface area contributed by atoms with Crippen molar-refractivity contribution in [3.63, 3.8) is 0 Å². The van der Waals surface area contributed by atoms with Gasteiger partial charge in [-0.3, -0.25) is 14.5 Å². The molecule has 4 heterocycles. The number of fused-ring (bicyclic) bond motifs is 8. The molecule has 62 heavy (non-hydrogen) atoms. The summed E-state index contributed by atoms with van der Waals surface area (Å²) in [5.41, 5.74) is 1.78. The number of esters is 1. The minimum Gasteiger partial charge on any atom is -0.462 e. The van der Waals surface area contributed by atoms with E-state index in [-0.39, 0.29) is 108 Å². The van der Waals surface area contributed by atoms with E-state index in [1.807, 2.05) is 6.92 Å². The zero-order valence-electron chi connectivity index (χ0n) is 39.3. The third-order valence-corrected chi connectivity index (χ3v) is 16.5. The summed E-state index contributed by atoms with van der Waals surface area (Å²) in [7, 11) is 9.23. The predicted octanol–water partition coefficient (Wildman–Crippen LogP) is 6.92. The Bertz CT molecular complexity index is 1740. The van der Waals surface area contributed by atoms with Gasteiger partial charge in [-0.1, -0.05) is 50.3 Å². The lowest BCUT2D eigenvalue weighted by molar-refractivity contribution is -0.314. The maximum Gasteiger partial charge on any atom is 0.306 e. The Balaban J connectivity index is 1.12. The summed E-state index contributed by atoms with van der Waals surface area (Å²) in [4.78, 5) is 34.3. The number of Topliss-reactive ketones (excluding diaryl/α,β-unsaturated/α-hetero) is 1. The topological polar surface area (TPSA) is 114 Å². The molecule has 0 amide bonds. The molecule has 346 valence electrons. The Kier molecular flexibility index (Phi) is 14.1. The summed E-state index contributed by atoms with van der Waals surface area (Å²) >= 11 is 0. The highest BCUT2D eigenvalue weighted by Crippen LogP contribution is 2.66. The van der Waals surface area contributed by atoms with E-state index in [1.165, 1.54) is 5.56 Å². The fourth-order valence-corrected chi connectivity index (χ4v) is 13.4. The van der Waals surface area contributed by atoms with Crippen molar-refractivity contribution in [2.45, 2.75) is 184 Å². The number of hydrogen-bond acceptors (Lipinski definition) is 12. The molecule has 4 aliphatic heterocycles. The van der Waals surface area contributed by atoms with Crippen LogP contribution >= 0.6 is 0 Å². The molecule has 0 radical (unpaired) electrons. The number of hydrogen-bond donors (Lipinski definition) is 0. The van der Waals surface area contributed by atoms with Crippen LogP contribution in [0.2, 0.25) is 0 Å². The number of rotatable bonds is 11. The first-order chi connectivity index (χ1) is 29.7. The lowest BCUT2D eigenvalue weighted by Gasteiger charge is -2.44. The number of carbonyl (C=O) groups excluding carboxylic acids is 2. The normalized spacial score (nSPS) is 44.9. The number of ketones is 1. The van der Waals surface area contributed by atoms with E-state index in [9.17, 15) is 4.79 Å². The van der Waals surface area contributed by atoms with Gasteiger partial charge < -0.3 is 42.8 Å². The summed E-state index contributed by atoms with van der Waals surface area (Å²) in [5, 5.41) is 0. The van der Waals surface area contributed by atoms with Gasteiger partial charge in [-0.2, -0.15) is 0 Å². The Morgan fingerprint density at radius 1 is 0.823 bits per heavy atom. The summed E-state index contributed by atoms with van der Waals surface area (Å²) in [5.74, 6) is 0.00842. The highest BCUT2D eigenvalue weighted by molar-refractivity contribution is 5.99. The van der Waals surface area contributed by atoms with Crippen molar-refractivity contribution in [2.24, 2.45) is 35.5 Å². The van der Waals surface area contributed by atoms with Crippen LogP contribution in [0.1, 0.15) is 105 Å². The van der Waals surface area contributed by atoms with E-state index in [0.29, 0.717) is 18.4 Å². The van der Waals surface area contributed by atoms with Gasteiger partial charge in [0.2, 0.25) is 0 Å². The minimum absolute atomic E-state index is 0.0220. The maximum atomic E-state index is 15.3. The highest BCUT2D eigenvalue weighted by Gasteiger charge is 2.71. The molecular weight excluding hydrogens is 789 g/mol. The van der Waals surface area contributed by atoms with Crippen LogP contribution in [0.15, 0.2) is 42.0 Å². The number of ether oxygens (including phenoxy) is 8. The average Bonchev–Trinajstić information content (AvgIpc) is 3.69. The molecule has 4 saturated heterocycles. The molecule has 6 fully saturated rings. The van der Waals surface area contributed by atoms with Gasteiger partial charge in [0, 0.05) is 56.8 Å². The minimum atomic E-state index is -0.624. The van der Waals surface area contributed by atoms with Gasteiger partial charge in [-0.05, 0) is 128 Å². The predicted molar refractivity (Wildman–Crippen MR) is 234 cm³/mol. The summed E-state index contributed by atoms with van der Waals surface area (Å²) in [6.07, 6.45) is 6.05. The molecular formula is C50H76N2O10. The van der Waals surface area contributed by atoms with Crippen LogP contribution in [0, 0.1) is 35.5 Å². The highest BCUT2D eigenvalue weighted by atomic mass is 16.7. The van der Waals surface area contributed by atoms with E-state index in [1.54, 1.807) is 21.3 Å². The van der Waals surface area contributed by atoms with Crippen molar-refractivity contribution in [1.82, 2.24) is 9.80 Å². The molecule has 0 spiro atoms. The number of likely N-dealkylation sites (tertiary alicyclic amines) is 1. The van der Waals surface area contributed by atoms with Crippen LogP contribution in [0.5, 0.6) is 0 Å². The first kappa shape index (κ1) is 46.3. The average molecular weight is 865 g/mol. The van der Waals surface area contributed by atoms with Gasteiger partial charge in [-0.15, -0.1) is 0 Å². The van der Waals surface area contributed by atoms with Crippen LogP contribution in [0.25, 0.3) is 0 Å². The molecule has 1 aromatic rings. The Hall–Kier alpha value is -2.26. The molecule has 1 aromatic carbocycles.